The van der Waals surface area contributed by atoms with Crippen molar-refractivity contribution in [3.8, 4) is 0 Å². The molecule has 0 bridgehead atoms. The van der Waals surface area contributed by atoms with E-state index in [1.165, 1.54) is 0 Å². The van der Waals surface area contributed by atoms with Gasteiger partial charge < -0.3 is 0 Å². The monoisotopic (exact) mass is 187 g/mol. The van der Waals surface area contributed by atoms with Gasteiger partial charge in [-0.2, -0.15) is 13.2 Å². The predicted octanol–water partition coefficient (Wildman–Crippen LogP) is 2.82. The molecule has 0 aliphatic heterocycles. The largest absolute Gasteiger partial charge is 0.427 e. The van der Waals surface area contributed by atoms with Crippen LogP contribution in [-0.2, 0) is 6.18 Å². The molecule has 1 heterocycles. The molecular weight excluding hydrogens is 187 g/mol. The fraction of sp³-hybridized carbons (Fsp3) is 0.250. The van der Waals surface area contributed by atoms with Gasteiger partial charge in [0.25, 0.3) is 0 Å². The predicted molar refractivity (Wildman–Crippen MR) is 32.1 cm³/mol. The Kier molecular flexibility index (Phi) is 1.87. The van der Waals surface area contributed by atoms with Crippen LogP contribution in [-0.4, -0.2) is 4.98 Å². The molecule has 6 heteroatoms. The van der Waals surface area contributed by atoms with Gasteiger partial charge in [-0.25, -0.2) is 4.98 Å². The molecule has 0 fully saturated rings. The van der Waals surface area contributed by atoms with Gasteiger partial charge in [0.15, 0.2) is 4.47 Å². The van der Waals surface area contributed by atoms with Crippen LogP contribution < -0.4 is 0 Å². The highest BCUT2D eigenvalue weighted by atomic mass is 35.5. The number of aromatic nitrogens is 1. The SMILES string of the molecule is FC(F)(F)c1cnc(Cl)s1. The first-order valence-corrected chi connectivity index (χ1v) is 3.38. The molecule has 56 valence electrons. The third-order valence-electron chi connectivity index (χ3n) is 0.757. The molecule has 10 heavy (non-hydrogen) atoms. The summed E-state index contributed by atoms with van der Waals surface area (Å²) in [6.07, 6.45) is -3.60. The lowest BCUT2D eigenvalue weighted by Gasteiger charge is -1.98. The number of alkyl halides is 3. The summed E-state index contributed by atoms with van der Waals surface area (Å²) < 4.78 is 35.0. The van der Waals surface area contributed by atoms with Crippen molar-refractivity contribution in [3.63, 3.8) is 0 Å². The number of thiazole rings is 1. The molecule has 0 atom stereocenters. The standard InChI is InChI=1S/C4HClF3NS/c5-3-9-1-2(10-3)4(6,7)8/h1H. The Labute approximate surface area is 63.5 Å². The van der Waals surface area contributed by atoms with Crippen LogP contribution in [0.1, 0.15) is 4.88 Å². The van der Waals surface area contributed by atoms with E-state index in [4.69, 9.17) is 11.6 Å². The first kappa shape index (κ1) is 7.81. The topological polar surface area (TPSA) is 12.9 Å². The minimum Gasteiger partial charge on any atom is -0.233 e. The quantitative estimate of drug-likeness (QED) is 0.609. The molecule has 0 aliphatic rings. The Morgan fingerprint density at radius 3 is 2.30 bits per heavy atom. The molecule has 1 aromatic rings. The summed E-state index contributed by atoms with van der Waals surface area (Å²) in [6, 6.07) is 0. The number of nitrogens with zero attached hydrogens (tertiary/aromatic N) is 1. The van der Waals surface area contributed by atoms with E-state index < -0.39 is 11.1 Å². The van der Waals surface area contributed by atoms with Crippen LogP contribution in [0, 0.1) is 0 Å². The van der Waals surface area contributed by atoms with Gasteiger partial charge in [-0.15, -0.1) is 0 Å². The van der Waals surface area contributed by atoms with E-state index in [9.17, 15) is 13.2 Å². The van der Waals surface area contributed by atoms with E-state index in [-0.39, 0.29) is 4.47 Å². The second-order valence-electron chi connectivity index (χ2n) is 1.48. The molecule has 0 saturated heterocycles. The van der Waals surface area contributed by atoms with Crippen molar-refractivity contribution in [1.29, 1.82) is 0 Å². The van der Waals surface area contributed by atoms with Crippen molar-refractivity contribution in [2.75, 3.05) is 0 Å². The summed E-state index contributed by atoms with van der Waals surface area (Å²) in [7, 11) is 0. The maximum atomic E-state index is 11.7. The number of halogens is 4. The Hall–Kier alpha value is -0.290. The molecule has 0 aromatic carbocycles. The van der Waals surface area contributed by atoms with Gasteiger partial charge in [0.2, 0.25) is 0 Å². The summed E-state index contributed by atoms with van der Waals surface area (Å²) in [5, 5.41) is 0. The summed E-state index contributed by atoms with van der Waals surface area (Å²) in [5.74, 6) is 0. The lowest BCUT2D eigenvalue weighted by atomic mass is 10.5. The Morgan fingerprint density at radius 2 is 2.10 bits per heavy atom. The first-order valence-electron chi connectivity index (χ1n) is 2.18. The fourth-order valence-corrected chi connectivity index (χ4v) is 1.19. The van der Waals surface area contributed by atoms with E-state index in [0.29, 0.717) is 17.5 Å². The number of rotatable bonds is 0. The lowest BCUT2D eigenvalue weighted by Crippen LogP contribution is -2.00. The minimum absolute atomic E-state index is 0.0904. The zero-order valence-corrected chi connectivity index (χ0v) is 6.02. The van der Waals surface area contributed by atoms with Crippen LogP contribution in [0.5, 0.6) is 0 Å². The van der Waals surface area contributed by atoms with Gasteiger partial charge in [0.05, 0.1) is 6.20 Å². The highest BCUT2D eigenvalue weighted by molar-refractivity contribution is 7.15. The van der Waals surface area contributed by atoms with E-state index in [1.54, 1.807) is 0 Å². The van der Waals surface area contributed by atoms with Crippen molar-refractivity contribution < 1.29 is 13.2 Å². The molecule has 0 unspecified atom stereocenters. The van der Waals surface area contributed by atoms with Gasteiger partial charge >= 0.3 is 6.18 Å². The normalized spacial score (nSPS) is 12.0. The smallest absolute Gasteiger partial charge is 0.233 e. The molecule has 0 amide bonds. The van der Waals surface area contributed by atoms with Crippen LogP contribution in [0.3, 0.4) is 0 Å². The van der Waals surface area contributed by atoms with Crippen molar-refractivity contribution in [2.24, 2.45) is 0 Å². The van der Waals surface area contributed by atoms with E-state index in [1.807, 2.05) is 0 Å². The molecule has 0 aliphatic carbocycles. The van der Waals surface area contributed by atoms with Gasteiger partial charge in [-0.1, -0.05) is 22.9 Å². The van der Waals surface area contributed by atoms with Crippen LogP contribution in [0.15, 0.2) is 6.20 Å². The second kappa shape index (κ2) is 2.39. The third-order valence-corrected chi connectivity index (χ3v) is 1.92. The highest BCUT2D eigenvalue weighted by Crippen LogP contribution is 2.34. The average molecular weight is 188 g/mol. The average Bonchev–Trinajstić information content (AvgIpc) is 2.11. The number of hydrogen-bond acceptors (Lipinski definition) is 2. The summed E-state index contributed by atoms with van der Waals surface area (Å²) in [5.41, 5.74) is 0. The molecular formula is C4HClF3NS. The van der Waals surface area contributed by atoms with E-state index in [2.05, 4.69) is 4.98 Å². The molecule has 0 N–H and O–H groups in total. The first-order chi connectivity index (χ1) is 4.50. The van der Waals surface area contributed by atoms with E-state index in [0.717, 1.165) is 0 Å². The zero-order chi connectivity index (χ0) is 7.78. The van der Waals surface area contributed by atoms with Crippen molar-refractivity contribution in [2.45, 2.75) is 6.18 Å². The van der Waals surface area contributed by atoms with E-state index >= 15 is 0 Å². The van der Waals surface area contributed by atoms with Crippen molar-refractivity contribution in [3.05, 3.63) is 15.5 Å². The van der Waals surface area contributed by atoms with Gasteiger partial charge in [0, 0.05) is 0 Å². The molecule has 1 nitrogen and oxygen atoms in total. The summed E-state index contributed by atoms with van der Waals surface area (Å²) in [6.45, 7) is 0. The molecule has 0 saturated carbocycles. The maximum Gasteiger partial charge on any atom is 0.427 e. The van der Waals surface area contributed by atoms with Crippen LogP contribution in [0.25, 0.3) is 0 Å². The van der Waals surface area contributed by atoms with Gasteiger partial charge in [0.1, 0.15) is 4.88 Å². The van der Waals surface area contributed by atoms with Crippen LogP contribution in [0.4, 0.5) is 13.2 Å². The fourth-order valence-electron chi connectivity index (χ4n) is 0.384. The Bertz CT molecular complexity index is 231. The summed E-state index contributed by atoms with van der Waals surface area (Å²) in [4.78, 5) is 2.48. The number of hydrogen-bond donors (Lipinski definition) is 0. The van der Waals surface area contributed by atoms with Crippen molar-refractivity contribution >= 4 is 22.9 Å². The minimum atomic E-state index is -4.31. The van der Waals surface area contributed by atoms with Gasteiger partial charge in [-0.3, -0.25) is 0 Å². The molecule has 0 radical (unpaired) electrons. The van der Waals surface area contributed by atoms with Crippen molar-refractivity contribution in [1.82, 2.24) is 4.98 Å². The Balaban J connectivity index is 2.96. The maximum absolute atomic E-state index is 11.7. The third kappa shape index (κ3) is 1.60. The van der Waals surface area contributed by atoms with Gasteiger partial charge in [-0.05, 0) is 0 Å². The molecule has 0 spiro atoms. The molecule has 1 aromatic heterocycles. The lowest BCUT2D eigenvalue weighted by molar-refractivity contribution is -0.134. The highest BCUT2D eigenvalue weighted by Gasteiger charge is 2.32. The van der Waals surface area contributed by atoms with Crippen LogP contribution in [0.2, 0.25) is 4.47 Å². The zero-order valence-electron chi connectivity index (χ0n) is 4.44. The Morgan fingerprint density at radius 1 is 1.50 bits per heavy atom. The second-order valence-corrected chi connectivity index (χ2v) is 3.09. The summed E-state index contributed by atoms with van der Waals surface area (Å²) >= 11 is 5.60. The van der Waals surface area contributed by atoms with Crippen LogP contribution >= 0.6 is 22.9 Å². The molecule has 1 rings (SSSR count).